The lowest BCUT2D eigenvalue weighted by Crippen LogP contribution is -2.13. The van der Waals surface area contributed by atoms with Crippen molar-refractivity contribution in [2.75, 3.05) is 6.61 Å². The van der Waals surface area contributed by atoms with Crippen molar-refractivity contribution in [1.82, 2.24) is 0 Å². The Bertz CT molecular complexity index is 361. The van der Waals surface area contributed by atoms with E-state index in [0.29, 0.717) is 11.3 Å². The molecule has 0 fully saturated rings. The van der Waals surface area contributed by atoms with Gasteiger partial charge in [0.05, 0.1) is 10.6 Å². The molecule has 0 aliphatic carbocycles. The molecule has 0 saturated heterocycles. The van der Waals surface area contributed by atoms with Gasteiger partial charge in [0.2, 0.25) is 0 Å². The van der Waals surface area contributed by atoms with E-state index < -0.39 is 6.10 Å². The van der Waals surface area contributed by atoms with E-state index in [1.807, 2.05) is 0 Å². The highest BCUT2D eigenvalue weighted by molar-refractivity contribution is 9.10. The maximum absolute atomic E-state index is 11.1. The number of aliphatic hydroxyl groups is 1. The summed E-state index contributed by atoms with van der Waals surface area (Å²) in [5, 5.41) is 9.05. The fourth-order valence-corrected chi connectivity index (χ4v) is 1.54. The summed E-state index contributed by atoms with van der Waals surface area (Å²) in [7, 11) is 0. The average molecular weight is 273 g/mol. The van der Waals surface area contributed by atoms with Crippen molar-refractivity contribution in [2.24, 2.45) is 0 Å². The van der Waals surface area contributed by atoms with Gasteiger partial charge in [-0.1, -0.05) is 0 Å². The maximum atomic E-state index is 11.1. The number of hydrogen-bond acceptors (Lipinski definition) is 3. The topological polar surface area (TPSA) is 46.5 Å². The largest absolute Gasteiger partial charge is 0.490 e. The van der Waals surface area contributed by atoms with Crippen molar-refractivity contribution in [2.45, 2.75) is 20.0 Å². The number of halogens is 1. The minimum absolute atomic E-state index is 0.0118. The summed E-state index contributed by atoms with van der Waals surface area (Å²) in [6.07, 6.45) is -0.510. The molecule has 0 aliphatic rings. The predicted octanol–water partition coefficient (Wildman–Crippen LogP) is 2.41. The molecule has 0 heterocycles. The second kappa shape index (κ2) is 5.28. The quantitative estimate of drug-likeness (QED) is 0.857. The number of aliphatic hydroxyl groups excluding tert-OH is 1. The lowest BCUT2D eigenvalue weighted by atomic mass is 10.1. The molecule has 0 radical (unpaired) electrons. The lowest BCUT2D eigenvalue weighted by Gasteiger charge is -2.10. The first-order valence-electron chi connectivity index (χ1n) is 4.62. The highest BCUT2D eigenvalue weighted by Crippen LogP contribution is 2.26. The van der Waals surface area contributed by atoms with Crippen LogP contribution in [-0.4, -0.2) is 23.6 Å². The Morgan fingerprint density at radius 2 is 2.27 bits per heavy atom. The highest BCUT2D eigenvalue weighted by atomic mass is 79.9. The minimum atomic E-state index is -0.510. The Balaban J connectivity index is 2.79. The van der Waals surface area contributed by atoms with Crippen LogP contribution < -0.4 is 4.74 Å². The number of carbonyl (C=O) groups excluding carboxylic acids is 1. The summed E-state index contributed by atoms with van der Waals surface area (Å²) < 4.78 is 6.04. The van der Waals surface area contributed by atoms with Crippen LogP contribution in [0, 0.1) is 0 Å². The van der Waals surface area contributed by atoms with Crippen LogP contribution in [-0.2, 0) is 0 Å². The number of ketones is 1. The monoisotopic (exact) mass is 272 g/mol. The third-order valence-electron chi connectivity index (χ3n) is 1.82. The Labute approximate surface area is 97.2 Å². The molecule has 0 bridgehead atoms. The van der Waals surface area contributed by atoms with Crippen LogP contribution in [0.15, 0.2) is 22.7 Å². The van der Waals surface area contributed by atoms with E-state index in [1.165, 1.54) is 6.92 Å². The van der Waals surface area contributed by atoms with Gasteiger partial charge in [0, 0.05) is 5.56 Å². The van der Waals surface area contributed by atoms with Gasteiger partial charge in [-0.3, -0.25) is 4.79 Å². The zero-order chi connectivity index (χ0) is 11.4. The molecular formula is C11H13BrO3. The van der Waals surface area contributed by atoms with E-state index in [4.69, 9.17) is 9.84 Å². The molecule has 1 aromatic rings. The summed E-state index contributed by atoms with van der Waals surface area (Å²) in [5.41, 5.74) is 0.631. The average Bonchev–Trinajstić information content (AvgIpc) is 2.15. The molecular weight excluding hydrogens is 260 g/mol. The zero-order valence-corrected chi connectivity index (χ0v) is 10.2. The van der Waals surface area contributed by atoms with Gasteiger partial charge in [0.1, 0.15) is 12.4 Å². The van der Waals surface area contributed by atoms with E-state index in [9.17, 15) is 4.79 Å². The first-order valence-corrected chi connectivity index (χ1v) is 5.41. The molecule has 15 heavy (non-hydrogen) atoms. The van der Waals surface area contributed by atoms with E-state index in [-0.39, 0.29) is 12.4 Å². The third-order valence-corrected chi connectivity index (χ3v) is 2.44. The molecule has 1 aromatic carbocycles. The van der Waals surface area contributed by atoms with Crippen LogP contribution >= 0.6 is 15.9 Å². The van der Waals surface area contributed by atoms with Crippen molar-refractivity contribution in [1.29, 1.82) is 0 Å². The molecule has 1 rings (SSSR count). The molecule has 1 atom stereocenters. The van der Waals surface area contributed by atoms with Gasteiger partial charge in [0.15, 0.2) is 5.78 Å². The number of carbonyl (C=O) groups is 1. The lowest BCUT2D eigenvalue weighted by molar-refractivity contribution is 0.101. The van der Waals surface area contributed by atoms with Crippen molar-refractivity contribution in [3.63, 3.8) is 0 Å². The van der Waals surface area contributed by atoms with Crippen LogP contribution in [0.1, 0.15) is 24.2 Å². The first-order chi connectivity index (χ1) is 7.00. The smallest absolute Gasteiger partial charge is 0.159 e. The Morgan fingerprint density at radius 1 is 1.60 bits per heavy atom. The normalized spacial score (nSPS) is 12.3. The van der Waals surface area contributed by atoms with Gasteiger partial charge >= 0.3 is 0 Å². The summed E-state index contributed by atoms with van der Waals surface area (Å²) in [5.74, 6) is 0.638. The highest BCUT2D eigenvalue weighted by Gasteiger charge is 2.06. The molecule has 0 aromatic heterocycles. The summed E-state index contributed by atoms with van der Waals surface area (Å²) in [4.78, 5) is 11.1. The van der Waals surface area contributed by atoms with Crippen LogP contribution in [0.25, 0.3) is 0 Å². The van der Waals surface area contributed by atoms with Gasteiger partial charge in [-0.05, 0) is 48.0 Å². The number of Topliss-reactive ketones (excluding diaryl/α,β-unsaturated/α-hetero) is 1. The van der Waals surface area contributed by atoms with Gasteiger partial charge in [-0.15, -0.1) is 0 Å². The second-order valence-corrected chi connectivity index (χ2v) is 4.22. The molecule has 0 aliphatic heterocycles. The van der Waals surface area contributed by atoms with Gasteiger partial charge < -0.3 is 9.84 Å². The number of benzene rings is 1. The van der Waals surface area contributed by atoms with E-state index >= 15 is 0 Å². The Kier molecular flexibility index (Phi) is 4.29. The second-order valence-electron chi connectivity index (χ2n) is 3.36. The van der Waals surface area contributed by atoms with E-state index in [1.54, 1.807) is 25.1 Å². The molecule has 1 N–H and O–H groups in total. The fraction of sp³-hybridized carbons (Fsp3) is 0.364. The van der Waals surface area contributed by atoms with Crippen LogP contribution in [0.5, 0.6) is 5.75 Å². The van der Waals surface area contributed by atoms with E-state index in [0.717, 1.165) is 4.47 Å². The van der Waals surface area contributed by atoms with Crippen molar-refractivity contribution >= 4 is 21.7 Å². The number of hydrogen-bond donors (Lipinski definition) is 1. The minimum Gasteiger partial charge on any atom is -0.490 e. The molecule has 0 amide bonds. The van der Waals surface area contributed by atoms with Crippen LogP contribution in [0.4, 0.5) is 0 Å². The molecule has 4 heteroatoms. The van der Waals surface area contributed by atoms with Gasteiger partial charge in [-0.2, -0.15) is 0 Å². The molecule has 0 spiro atoms. The van der Waals surface area contributed by atoms with E-state index in [2.05, 4.69) is 15.9 Å². The fourth-order valence-electron chi connectivity index (χ4n) is 1.05. The first kappa shape index (κ1) is 12.2. The summed E-state index contributed by atoms with van der Waals surface area (Å²) in [6, 6.07) is 5.12. The van der Waals surface area contributed by atoms with Crippen LogP contribution in [0.2, 0.25) is 0 Å². The Hall–Kier alpha value is -0.870. The molecule has 82 valence electrons. The summed E-state index contributed by atoms with van der Waals surface area (Å²) in [6.45, 7) is 3.40. The molecule has 1 unspecified atom stereocenters. The standard InChI is InChI=1S/C11H13BrO3/c1-7(13)6-15-11-4-3-9(8(2)14)5-10(11)12/h3-5,7,13H,6H2,1-2H3. The number of ether oxygens (including phenoxy) is 1. The summed E-state index contributed by atoms with van der Waals surface area (Å²) >= 11 is 3.31. The van der Waals surface area contributed by atoms with Crippen molar-refractivity contribution in [3.8, 4) is 5.75 Å². The Morgan fingerprint density at radius 3 is 2.73 bits per heavy atom. The van der Waals surface area contributed by atoms with Gasteiger partial charge in [-0.25, -0.2) is 0 Å². The zero-order valence-electron chi connectivity index (χ0n) is 8.66. The SMILES string of the molecule is CC(=O)c1ccc(OCC(C)O)c(Br)c1. The van der Waals surface area contributed by atoms with Gasteiger partial charge in [0.25, 0.3) is 0 Å². The molecule has 3 nitrogen and oxygen atoms in total. The van der Waals surface area contributed by atoms with Crippen molar-refractivity contribution < 1.29 is 14.6 Å². The number of rotatable bonds is 4. The van der Waals surface area contributed by atoms with Crippen LogP contribution in [0.3, 0.4) is 0 Å². The molecule has 0 saturated carbocycles. The van der Waals surface area contributed by atoms with Crippen molar-refractivity contribution in [3.05, 3.63) is 28.2 Å². The third kappa shape index (κ3) is 3.64. The predicted molar refractivity (Wildman–Crippen MR) is 61.3 cm³/mol. The maximum Gasteiger partial charge on any atom is 0.159 e.